The molecule has 0 saturated heterocycles. The van der Waals surface area contributed by atoms with Crippen molar-refractivity contribution in [3.05, 3.63) is 29.3 Å². The maximum atomic E-state index is 5.19. The van der Waals surface area contributed by atoms with E-state index in [2.05, 4.69) is 17.4 Å². The minimum absolute atomic E-state index is 0.874. The van der Waals surface area contributed by atoms with Crippen LogP contribution in [0.15, 0.2) is 18.2 Å². The SMILES string of the molecule is COc1ccc2c(c1)CCC[N]C2. The van der Waals surface area contributed by atoms with E-state index in [0.29, 0.717) is 0 Å². The Morgan fingerprint density at radius 1 is 1.31 bits per heavy atom. The van der Waals surface area contributed by atoms with E-state index < -0.39 is 0 Å². The molecule has 0 spiro atoms. The number of hydrogen-bond donors (Lipinski definition) is 0. The molecule has 0 fully saturated rings. The van der Waals surface area contributed by atoms with Crippen LogP contribution in [0.25, 0.3) is 0 Å². The molecule has 0 saturated carbocycles. The monoisotopic (exact) mass is 176 g/mol. The first-order valence-corrected chi connectivity index (χ1v) is 4.69. The Morgan fingerprint density at radius 3 is 3.08 bits per heavy atom. The zero-order chi connectivity index (χ0) is 9.10. The van der Waals surface area contributed by atoms with Crippen LogP contribution in [0.1, 0.15) is 17.5 Å². The molecule has 2 nitrogen and oxygen atoms in total. The number of benzene rings is 1. The van der Waals surface area contributed by atoms with E-state index in [0.717, 1.165) is 25.3 Å². The first-order chi connectivity index (χ1) is 6.40. The molecule has 0 aliphatic carbocycles. The summed E-state index contributed by atoms with van der Waals surface area (Å²) < 4.78 is 5.19. The van der Waals surface area contributed by atoms with Gasteiger partial charge in [-0.3, -0.25) is 0 Å². The molecule has 0 amide bonds. The summed E-state index contributed by atoms with van der Waals surface area (Å²) in [4.78, 5) is 0. The van der Waals surface area contributed by atoms with Crippen molar-refractivity contribution in [1.29, 1.82) is 0 Å². The van der Waals surface area contributed by atoms with Crippen molar-refractivity contribution < 1.29 is 4.74 Å². The molecule has 1 radical (unpaired) electrons. The lowest BCUT2D eigenvalue weighted by Crippen LogP contribution is -2.02. The lowest BCUT2D eigenvalue weighted by atomic mass is 10.0. The van der Waals surface area contributed by atoms with Crippen molar-refractivity contribution in [1.82, 2.24) is 5.32 Å². The van der Waals surface area contributed by atoms with Gasteiger partial charge in [-0.25, -0.2) is 5.32 Å². The maximum absolute atomic E-state index is 5.19. The molecule has 0 atom stereocenters. The van der Waals surface area contributed by atoms with Crippen molar-refractivity contribution in [2.24, 2.45) is 0 Å². The van der Waals surface area contributed by atoms with Gasteiger partial charge in [-0.1, -0.05) is 6.07 Å². The van der Waals surface area contributed by atoms with Crippen molar-refractivity contribution in [2.75, 3.05) is 13.7 Å². The quantitative estimate of drug-likeness (QED) is 0.639. The van der Waals surface area contributed by atoms with Gasteiger partial charge in [-0.15, -0.1) is 0 Å². The molecule has 1 aliphatic heterocycles. The van der Waals surface area contributed by atoms with Gasteiger partial charge in [0.1, 0.15) is 5.75 Å². The number of hydrogen-bond acceptors (Lipinski definition) is 1. The Kier molecular flexibility index (Phi) is 2.50. The maximum Gasteiger partial charge on any atom is 0.119 e. The molecule has 1 aliphatic rings. The summed E-state index contributed by atoms with van der Waals surface area (Å²) in [6, 6.07) is 6.28. The summed E-state index contributed by atoms with van der Waals surface area (Å²) in [5.74, 6) is 0.959. The Morgan fingerprint density at radius 2 is 2.23 bits per heavy atom. The summed E-state index contributed by atoms with van der Waals surface area (Å²) in [5.41, 5.74) is 2.76. The van der Waals surface area contributed by atoms with Crippen molar-refractivity contribution in [3.8, 4) is 5.75 Å². The van der Waals surface area contributed by atoms with E-state index in [9.17, 15) is 0 Å². The molecule has 1 aromatic carbocycles. The molecule has 1 heterocycles. The van der Waals surface area contributed by atoms with Crippen LogP contribution in [-0.4, -0.2) is 13.7 Å². The van der Waals surface area contributed by atoms with E-state index >= 15 is 0 Å². The largest absolute Gasteiger partial charge is 0.497 e. The molecule has 0 N–H and O–H groups in total. The van der Waals surface area contributed by atoms with E-state index in [1.807, 2.05) is 6.07 Å². The third-order valence-electron chi connectivity index (χ3n) is 2.46. The van der Waals surface area contributed by atoms with Gasteiger partial charge in [0.05, 0.1) is 7.11 Å². The van der Waals surface area contributed by atoms with Gasteiger partial charge in [0.2, 0.25) is 0 Å². The number of aryl methyl sites for hydroxylation is 1. The van der Waals surface area contributed by atoms with Gasteiger partial charge >= 0.3 is 0 Å². The van der Waals surface area contributed by atoms with Crippen LogP contribution in [0.3, 0.4) is 0 Å². The smallest absolute Gasteiger partial charge is 0.119 e. The number of rotatable bonds is 1. The molecule has 0 aromatic heterocycles. The number of nitrogens with zero attached hydrogens (tertiary/aromatic N) is 1. The first-order valence-electron chi connectivity index (χ1n) is 4.69. The Bertz CT molecular complexity index is 296. The average molecular weight is 176 g/mol. The molecule has 0 bridgehead atoms. The predicted octanol–water partition coefficient (Wildman–Crippen LogP) is 1.75. The summed E-state index contributed by atoms with van der Waals surface area (Å²) in [6.45, 7) is 1.87. The molecular weight excluding hydrogens is 162 g/mol. The number of fused-ring (bicyclic) bond motifs is 1. The molecule has 69 valence electrons. The van der Waals surface area contributed by atoms with Gasteiger partial charge in [0.15, 0.2) is 0 Å². The molecule has 1 aromatic rings. The minimum atomic E-state index is 0.874. The molecular formula is C11H14NO. The molecule has 0 unspecified atom stereocenters. The second-order valence-electron chi connectivity index (χ2n) is 3.34. The van der Waals surface area contributed by atoms with Crippen molar-refractivity contribution in [3.63, 3.8) is 0 Å². The zero-order valence-corrected chi connectivity index (χ0v) is 7.92. The van der Waals surface area contributed by atoms with Crippen LogP contribution in [0.5, 0.6) is 5.75 Å². The van der Waals surface area contributed by atoms with Gasteiger partial charge < -0.3 is 4.74 Å². The minimum Gasteiger partial charge on any atom is -0.497 e. The first kappa shape index (κ1) is 8.57. The number of ether oxygens (including phenoxy) is 1. The number of methoxy groups -OCH3 is 1. The van der Waals surface area contributed by atoms with Crippen molar-refractivity contribution in [2.45, 2.75) is 19.4 Å². The van der Waals surface area contributed by atoms with Crippen LogP contribution in [-0.2, 0) is 13.0 Å². The van der Waals surface area contributed by atoms with Crippen molar-refractivity contribution >= 4 is 0 Å². The van der Waals surface area contributed by atoms with E-state index in [1.54, 1.807) is 7.11 Å². The Labute approximate surface area is 78.9 Å². The molecule has 2 rings (SSSR count). The van der Waals surface area contributed by atoms with Crippen LogP contribution in [0, 0.1) is 0 Å². The third-order valence-corrected chi connectivity index (χ3v) is 2.46. The Hall–Kier alpha value is -1.02. The van der Waals surface area contributed by atoms with Gasteiger partial charge in [-0.05, 0) is 36.1 Å². The Balaban J connectivity index is 2.32. The van der Waals surface area contributed by atoms with E-state index in [1.165, 1.54) is 17.5 Å². The van der Waals surface area contributed by atoms with Gasteiger partial charge in [-0.2, -0.15) is 0 Å². The highest BCUT2D eigenvalue weighted by Crippen LogP contribution is 2.20. The van der Waals surface area contributed by atoms with E-state index in [-0.39, 0.29) is 0 Å². The second kappa shape index (κ2) is 3.79. The van der Waals surface area contributed by atoms with Gasteiger partial charge in [0, 0.05) is 13.1 Å². The fourth-order valence-corrected chi connectivity index (χ4v) is 1.70. The lowest BCUT2D eigenvalue weighted by molar-refractivity contribution is 0.414. The normalized spacial score (nSPS) is 16.1. The van der Waals surface area contributed by atoms with E-state index in [4.69, 9.17) is 4.74 Å². The van der Waals surface area contributed by atoms with Gasteiger partial charge in [0.25, 0.3) is 0 Å². The standard InChI is InChI=1S/C11H14NO/c1-13-11-5-4-10-8-12-6-2-3-9(10)7-11/h4-5,7H,2-3,6,8H2,1H3. The van der Waals surface area contributed by atoms with Crippen LogP contribution in [0.2, 0.25) is 0 Å². The highest BCUT2D eigenvalue weighted by atomic mass is 16.5. The predicted molar refractivity (Wildman–Crippen MR) is 52.0 cm³/mol. The molecule has 2 heteroatoms. The average Bonchev–Trinajstić information content (AvgIpc) is 2.41. The summed E-state index contributed by atoms with van der Waals surface area (Å²) >= 11 is 0. The zero-order valence-electron chi connectivity index (χ0n) is 7.92. The van der Waals surface area contributed by atoms with Crippen LogP contribution >= 0.6 is 0 Å². The summed E-state index contributed by atoms with van der Waals surface area (Å²) in [5, 5.41) is 4.43. The topological polar surface area (TPSA) is 23.3 Å². The highest BCUT2D eigenvalue weighted by molar-refractivity contribution is 5.36. The fourth-order valence-electron chi connectivity index (χ4n) is 1.70. The summed E-state index contributed by atoms with van der Waals surface area (Å²) in [6.07, 6.45) is 2.30. The molecule has 13 heavy (non-hydrogen) atoms. The van der Waals surface area contributed by atoms with Crippen LogP contribution < -0.4 is 10.1 Å². The van der Waals surface area contributed by atoms with Crippen LogP contribution in [0.4, 0.5) is 0 Å². The highest BCUT2D eigenvalue weighted by Gasteiger charge is 2.08. The lowest BCUT2D eigenvalue weighted by Gasteiger charge is -2.06. The second-order valence-corrected chi connectivity index (χ2v) is 3.34. The summed E-state index contributed by atoms with van der Waals surface area (Å²) in [7, 11) is 1.71. The third kappa shape index (κ3) is 1.83. The fraction of sp³-hybridized carbons (Fsp3) is 0.455.